The molecular weight excluding hydrogens is 559 g/mol. The third-order valence-corrected chi connectivity index (χ3v) is 6.05. The van der Waals surface area contributed by atoms with Gasteiger partial charge in [-0.1, -0.05) is 24.3 Å². The summed E-state index contributed by atoms with van der Waals surface area (Å²) < 4.78 is 189. The van der Waals surface area contributed by atoms with E-state index < -0.39 is 119 Å². The van der Waals surface area contributed by atoms with Crippen molar-refractivity contribution in [3.05, 3.63) is 106 Å². The molecule has 0 unspecified atom stereocenters. The van der Waals surface area contributed by atoms with E-state index in [9.17, 15) is 48.3 Å². The van der Waals surface area contributed by atoms with Crippen molar-refractivity contribution in [2.75, 3.05) is 0 Å². The van der Waals surface area contributed by atoms with Gasteiger partial charge in [0, 0.05) is 28.0 Å². The molecule has 0 atom stereocenters. The fourth-order valence-electron chi connectivity index (χ4n) is 4.43. The van der Waals surface area contributed by atoms with Crippen molar-refractivity contribution >= 4 is 21.5 Å². The van der Waals surface area contributed by atoms with Gasteiger partial charge in [0.25, 0.3) is 0 Å². The third-order valence-electron chi connectivity index (χ3n) is 6.05. The van der Waals surface area contributed by atoms with Gasteiger partial charge in [0.05, 0.1) is 11.1 Å². The summed E-state index contributed by atoms with van der Waals surface area (Å²) in [5.41, 5.74) is -6.49. The molecule has 5 aromatic rings. The van der Waals surface area contributed by atoms with Crippen molar-refractivity contribution in [1.82, 2.24) is 0 Å². The van der Waals surface area contributed by atoms with Gasteiger partial charge in [-0.15, -0.1) is 0 Å². The zero-order valence-electron chi connectivity index (χ0n) is 18.3. The smallest absolute Gasteiger partial charge is 0.200 e. The standard InChI is InChI=1S/C26H5F13/c27-8-5-9(28)17(30)14(16(8)29)10-6-3-1-2-4-7(6)11(13-12(10)18(31)22(35)23(36)19(13)32)15-20(33)24(37)26(39)25(38)21(15)34/h1-5H. The summed E-state index contributed by atoms with van der Waals surface area (Å²) in [6, 6.07) is 3.30. The molecule has 0 aliphatic carbocycles. The molecule has 5 aromatic carbocycles. The molecule has 0 spiro atoms. The Morgan fingerprint density at radius 3 is 1.00 bits per heavy atom. The molecule has 0 bridgehead atoms. The van der Waals surface area contributed by atoms with Gasteiger partial charge in [0.15, 0.2) is 69.8 Å². The summed E-state index contributed by atoms with van der Waals surface area (Å²) in [6.07, 6.45) is 0. The zero-order valence-corrected chi connectivity index (χ0v) is 18.3. The lowest BCUT2D eigenvalue weighted by atomic mass is 9.84. The molecule has 0 saturated heterocycles. The summed E-state index contributed by atoms with van der Waals surface area (Å²) >= 11 is 0. The van der Waals surface area contributed by atoms with E-state index in [-0.39, 0.29) is 6.07 Å². The highest BCUT2D eigenvalue weighted by Gasteiger charge is 2.35. The molecule has 39 heavy (non-hydrogen) atoms. The Morgan fingerprint density at radius 1 is 0.308 bits per heavy atom. The predicted octanol–water partition coefficient (Wildman–Crippen LogP) is 9.14. The normalized spacial score (nSPS) is 11.7. The van der Waals surface area contributed by atoms with Crippen LogP contribution in [-0.4, -0.2) is 0 Å². The Bertz CT molecular complexity index is 1840. The highest BCUT2D eigenvalue weighted by molar-refractivity contribution is 6.22. The van der Waals surface area contributed by atoms with Gasteiger partial charge < -0.3 is 0 Å². The quantitative estimate of drug-likeness (QED) is 0.0869. The number of halogens is 13. The summed E-state index contributed by atoms with van der Waals surface area (Å²) in [7, 11) is 0. The summed E-state index contributed by atoms with van der Waals surface area (Å²) in [5, 5.41) is -5.13. The van der Waals surface area contributed by atoms with E-state index in [2.05, 4.69) is 0 Å². The van der Waals surface area contributed by atoms with Crippen molar-refractivity contribution < 1.29 is 57.1 Å². The number of hydrogen-bond acceptors (Lipinski definition) is 0. The van der Waals surface area contributed by atoms with Gasteiger partial charge in [-0.3, -0.25) is 0 Å². The number of rotatable bonds is 2. The second-order valence-corrected chi connectivity index (χ2v) is 8.09. The molecule has 200 valence electrons. The van der Waals surface area contributed by atoms with Gasteiger partial charge in [0.2, 0.25) is 5.82 Å². The molecule has 0 nitrogen and oxygen atoms in total. The Hall–Kier alpha value is -4.29. The lowest BCUT2D eigenvalue weighted by molar-refractivity contribution is 0.381. The number of fused-ring (bicyclic) bond motifs is 2. The molecule has 0 aromatic heterocycles. The number of benzene rings is 5. The lowest BCUT2D eigenvalue weighted by Gasteiger charge is -2.20. The van der Waals surface area contributed by atoms with Crippen LogP contribution in [0.4, 0.5) is 57.1 Å². The second kappa shape index (κ2) is 8.89. The average molecular weight is 564 g/mol. The molecule has 0 aliphatic rings. The van der Waals surface area contributed by atoms with E-state index in [1.54, 1.807) is 0 Å². The van der Waals surface area contributed by atoms with Crippen LogP contribution in [0.5, 0.6) is 0 Å². The van der Waals surface area contributed by atoms with Crippen LogP contribution in [0, 0.1) is 75.6 Å². The second-order valence-electron chi connectivity index (χ2n) is 8.09. The molecule has 0 N–H and O–H groups in total. The van der Waals surface area contributed by atoms with Gasteiger partial charge >= 0.3 is 0 Å². The van der Waals surface area contributed by atoms with Crippen LogP contribution in [0.1, 0.15) is 0 Å². The third kappa shape index (κ3) is 3.48. The average Bonchev–Trinajstić information content (AvgIpc) is 2.92. The van der Waals surface area contributed by atoms with E-state index >= 15 is 8.78 Å². The van der Waals surface area contributed by atoms with E-state index in [0.717, 1.165) is 24.3 Å². The van der Waals surface area contributed by atoms with Crippen molar-refractivity contribution in [1.29, 1.82) is 0 Å². The maximum Gasteiger partial charge on any atom is 0.200 e. The number of hydrogen-bond donors (Lipinski definition) is 0. The summed E-state index contributed by atoms with van der Waals surface area (Å²) in [4.78, 5) is 0. The van der Waals surface area contributed by atoms with Crippen LogP contribution in [0.3, 0.4) is 0 Å². The molecule has 5 rings (SSSR count). The first-order valence-electron chi connectivity index (χ1n) is 10.4. The van der Waals surface area contributed by atoms with E-state index in [1.807, 2.05) is 0 Å². The minimum atomic E-state index is -2.65. The van der Waals surface area contributed by atoms with Gasteiger partial charge in [-0.25, -0.2) is 57.1 Å². The Balaban J connectivity index is 2.22. The molecule has 0 aliphatic heterocycles. The molecule has 0 radical (unpaired) electrons. The van der Waals surface area contributed by atoms with Crippen LogP contribution in [0.15, 0.2) is 30.3 Å². The summed E-state index contributed by atoms with van der Waals surface area (Å²) in [6.45, 7) is 0. The van der Waals surface area contributed by atoms with E-state index in [1.165, 1.54) is 0 Å². The highest BCUT2D eigenvalue weighted by atomic mass is 19.2. The topological polar surface area (TPSA) is 0 Å². The fraction of sp³-hybridized carbons (Fsp3) is 0. The molecule has 0 saturated carbocycles. The largest absolute Gasteiger partial charge is 0.204 e. The van der Waals surface area contributed by atoms with Crippen LogP contribution in [0.2, 0.25) is 0 Å². The van der Waals surface area contributed by atoms with Crippen LogP contribution in [-0.2, 0) is 0 Å². The maximum atomic E-state index is 15.3. The van der Waals surface area contributed by atoms with Crippen molar-refractivity contribution in [2.45, 2.75) is 0 Å². The molecular formula is C26H5F13. The van der Waals surface area contributed by atoms with Gasteiger partial charge in [0.1, 0.15) is 0 Å². The van der Waals surface area contributed by atoms with E-state index in [0.29, 0.717) is 0 Å². The zero-order chi connectivity index (χ0) is 28.7. The van der Waals surface area contributed by atoms with E-state index in [4.69, 9.17) is 0 Å². The lowest BCUT2D eigenvalue weighted by Crippen LogP contribution is -2.08. The van der Waals surface area contributed by atoms with Crippen LogP contribution in [0.25, 0.3) is 43.8 Å². The van der Waals surface area contributed by atoms with Crippen molar-refractivity contribution in [2.24, 2.45) is 0 Å². The van der Waals surface area contributed by atoms with Gasteiger partial charge in [-0.2, -0.15) is 0 Å². The summed E-state index contributed by atoms with van der Waals surface area (Å²) in [5.74, 6) is -31.7. The van der Waals surface area contributed by atoms with Crippen LogP contribution < -0.4 is 0 Å². The Morgan fingerprint density at radius 2 is 0.615 bits per heavy atom. The molecule has 0 amide bonds. The minimum Gasteiger partial charge on any atom is -0.204 e. The molecule has 0 fully saturated rings. The first-order valence-corrected chi connectivity index (χ1v) is 10.4. The minimum absolute atomic E-state index is 0.251. The van der Waals surface area contributed by atoms with Crippen molar-refractivity contribution in [3.63, 3.8) is 0 Å². The first kappa shape index (κ1) is 26.3. The first-order chi connectivity index (χ1) is 18.3. The monoisotopic (exact) mass is 564 g/mol. The Kier molecular flexibility index (Phi) is 6.00. The van der Waals surface area contributed by atoms with Crippen molar-refractivity contribution in [3.8, 4) is 22.3 Å². The van der Waals surface area contributed by atoms with Gasteiger partial charge in [-0.05, 0) is 10.8 Å². The SMILES string of the molecule is Fc1cc(F)c(F)c(-c2c3ccccc3c(-c3c(F)c(F)c(F)c(F)c3F)c3c(F)c(F)c(F)c(F)c23)c1F. The highest BCUT2D eigenvalue weighted by Crippen LogP contribution is 2.49. The fourth-order valence-corrected chi connectivity index (χ4v) is 4.43. The Labute approximate surface area is 207 Å². The maximum absolute atomic E-state index is 15.3. The molecule has 0 heterocycles. The predicted molar refractivity (Wildman–Crippen MR) is 112 cm³/mol. The molecule has 13 heteroatoms. The van der Waals surface area contributed by atoms with Crippen LogP contribution >= 0.6 is 0 Å².